The second-order valence-electron chi connectivity index (χ2n) is 4.74. The summed E-state index contributed by atoms with van der Waals surface area (Å²) in [4.78, 5) is 12.0. The fraction of sp³-hybridized carbons (Fsp3) is 0.833. The molecule has 0 aromatic rings. The van der Waals surface area contributed by atoms with Crippen molar-refractivity contribution in [1.29, 1.82) is 5.26 Å². The van der Waals surface area contributed by atoms with Gasteiger partial charge in [0.2, 0.25) is 0 Å². The van der Waals surface area contributed by atoms with Gasteiger partial charge in [-0.2, -0.15) is 5.26 Å². The lowest BCUT2D eigenvalue weighted by Crippen LogP contribution is -2.37. The van der Waals surface area contributed by atoms with Crippen molar-refractivity contribution in [3.8, 4) is 6.07 Å². The van der Waals surface area contributed by atoms with E-state index in [4.69, 9.17) is 5.26 Å². The molecule has 0 N–H and O–H groups in total. The van der Waals surface area contributed by atoms with E-state index in [0.717, 1.165) is 38.5 Å². The second-order valence-corrected chi connectivity index (χ2v) is 4.74. The Morgan fingerprint density at radius 3 is 2.86 bits per heavy atom. The van der Waals surface area contributed by atoms with Crippen LogP contribution in [-0.4, -0.2) is 5.78 Å². The van der Waals surface area contributed by atoms with Crippen molar-refractivity contribution in [2.24, 2.45) is 11.3 Å². The van der Waals surface area contributed by atoms with E-state index in [2.05, 4.69) is 6.07 Å². The van der Waals surface area contributed by atoms with E-state index in [9.17, 15) is 4.79 Å². The molecule has 2 aliphatic rings. The van der Waals surface area contributed by atoms with Crippen LogP contribution in [0.4, 0.5) is 0 Å². The average Bonchev–Trinajstić information content (AvgIpc) is 2.57. The molecule has 2 rings (SSSR count). The lowest BCUT2D eigenvalue weighted by Gasteiger charge is -2.36. The molecule has 0 heterocycles. The summed E-state index contributed by atoms with van der Waals surface area (Å²) in [5.41, 5.74) is -0.0615. The van der Waals surface area contributed by atoms with Crippen molar-refractivity contribution in [2.45, 2.75) is 51.4 Å². The number of hydrogen-bond acceptors (Lipinski definition) is 2. The van der Waals surface area contributed by atoms with Crippen LogP contribution in [0.5, 0.6) is 0 Å². The zero-order valence-electron chi connectivity index (χ0n) is 8.59. The molecule has 0 aromatic carbocycles. The summed E-state index contributed by atoms with van der Waals surface area (Å²) in [5.74, 6) is 0.835. The molecule has 2 aliphatic carbocycles. The average molecular weight is 191 g/mol. The van der Waals surface area contributed by atoms with E-state index < -0.39 is 0 Å². The number of rotatable bonds is 1. The number of carbonyl (C=O) groups is 1. The number of ketones is 1. The van der Waals surface area contributed by atoms with Gasteiger partial charge >= 0.3 is 0 Å². The quantitative estimate of drug-likeness (QED) is 0.639. The Kier molecular flexibility index (Phi) is 2.58. The molecule has 2 heteroatoms. The molecule has 0 aliphatic heterocycles. The van der Waals surface area contributed by atoms with E-state index in [1.54, 1.807) is 0 Å². The van der Waals surface area contributed by atoms with E-state index in [1.807, 2.05) is 0 Å². The first-order valence-corrected chi connectivity index (χ1v) is 5.70. The maximum absolute atomic E-state index is 12.0. The summed E-state index contributed by atoms with van der Waals surface area (Å²) in [5, 5.41) is 8.77. The molecule has 0 saturated heterocycles. The molecule has 0 amide bonds. The predicted molar refractivity (Wildman–Crippen MR) is 53.5 cm³/mol. The standard InChI is InChI=1S/C12H17NO/c13-9-6-10-4-3-8-12(10)7-2-1-5-11(12)14/h10H,1-8H2/t10?,12-/m1/s1. The minimum atomic E-state index is -0.0615. The Hall–Kier alpha value is -0.840. The van der Waals surface area contributed by atoms with Crippen molar-refractivity contribution in [3.05, 3.63) is 0 Å². The summed E-state index contributed by atoms with van der Waals surface area (Å²) in [6.45, 7) is 0. The summed E-state index contributed by atoms with van der Waals surface area (Å²) in [7, 11) is 0. The topological polar surface area (TPSA) is 40.9 Å². The third-order valence-electron chi connectivity index (χ3n) is 4.13. The summed E-state index contributed by atoms with van der Waals surface area (Å²) < 4.78 is 0. The van der Waals surface area contributed by atoms with Crippen LogP contribution in [0.3, 0.4) is 0 Å². The summed E-state index contributed by atoms with van der Waals surface area (Å²) in [6.07, 6.45) is 7.97. The van der Waals surface area contributed by atoms with Gasteiger partial charge in [0.1, 0.15) is 5.78 Å². The third-order valence-corrected chi connectivity index (χ3v) is 4.13. The fourth-order valence-corrected chi connectivity index (χ4v) is 3.36. The van der Waals surface area contributed by atoms with Gasteiger partial charge in [0, 0.05) is 18.3 Å². The van der Waals surface area contributed by atoms with Gasteiger partial charge in [0.05, 0.1) is 6.07 Å². The first-order chi connectivity index (χ1) is 6.79. The van der Waals surface area contributed by atoms with E-state index in [1.165, 1.54) is 6.42 Å². The fourth-order valence-electron chi connectivity index (χ4n) is 3.36. The Balaban J connectivity index is 2.19. The largest absolute Gasteiger partial charge is 0.299 e. The van der Waals surface area contributed by atoms with Gasteiger partial charge in [-0.3, -0.25) is 4.79 Å². The van der Waals surface area contributed by atoms with E-state index in [0.29, 0.717) is 18.1 Å². The number of nitrogens with zero attached hydrogens (tertiary/aromatic N) is 1. The molecule has 1 spiro atoms. The Morgan fingerprint density at radius 2 is 2.14 bits per heavy atom. The Bertz CT molecular complexity index is 279. The van der Waals surface area contributed by atoms with Crippen molar-refractivity contribution in [1.82, 2.24) is 0 Å². The maximum Gasteiger partial charge on any atom is 0.139 e. The second kappa shape index (κ2) is 3.73. The third kappa shape index (κ3) is 1.35. The van der Waals surface area contributed by atoms with Crippen LogP contribution < -0.4 is 0 Å². The van der Waals surface area contributed by atoms with Gasteiger partial charge in [-0.25, -0.2) is 0 Å². The van der Waals surface area contributed by atoms with Crippen LogP contribution >= 0.6 is 0 Å². The van der Waals surface area contributed by atoms with Gasteiger partial charge < -0.3 is 0 Å². The SMILES string of the molecule is N#CCC1CCC[C@]12CCCCC2=O. The van der Waals surface area contributed by atoms with Crippen molar-refractivity contribution in [3.63, 3.8) is 0 Å². The number of Topliss-reactive ketones (excluding diaryl/α,β-unsaturated/α-hetero) is 1. The van der Waals surface area contributed by atoms with Crippen molar-refractivity contribution >= 4 is 5.78 Å². The molecule has 1 unspecified atom stereocenters. The molecule has 2 nitrogen and oxygen atoms in total. The molecule has 2 saturated carbocycles. The van der Waals surface area contributed by atoms with Crippen LogP contribution in [-0.2, 0) is 4.79 Å². The highest BCUT2D eigenvalue weighted by molar-refractivity contribution is 5.86. The molecule has 0 bridgehead atoms. The normalized spacial score (nSPS) is 37.4. The first kappa shape index (κ1) is 9.71. The molecule has 2 fully saturated rings. The Labute approximate surface area is 85.3 Å². The summed E-state index contributed by atoms with van der Waals surface area (Å²) >= 11 is 0. The van der Waals surface area contributed by atoms with Crippen LogP contribution in [0.2, 0.25) is 0 Å². The zero-order chi connectivity index (χ0) is 10.0. The first-order valence-electron chi connectivity index (χ1n) is 5.70. The van der Waals surface area contributed by atoms with Gasteiger partial charge in [0.25, 0.3) is 0 Å². The Morgan fingerprint density at radius 1 is 1.36 bits per heavy atom. The number of carbonyl (C=O) groups excluding carboxylic acids is 1. The van der Waals surface area contributed by atoms with Crippen LogP contribution in [0.1, 0.15) is 51.4 Å². The van der Waals surface area contributed by atoms with Crippen LogP contribution in [0.25, 0.3) is 0 Å². The molecular formula is C12H17NO. The smallest absolute Gasteiger partial charge is 0.139 e. The minimum absolute atomic E-state index is 0.0615. The van der Waals surface area contributed by atoms with Crippen molar-refractivity contribution < 1.29 is 4.79 Å². The van der Waals surface area contributed by atoms with Crippen LogP contribution in [0, 0.1) is 22.7 Å². The molecule has 2 atom stereocenters. The van der Waals surface area contributed by atoms with Crippen LogP contribution in [0.15, 0.2) is 0 Å². The highest BCUT2D eigenvalue weighted by atomic mass is 16.1. The van der Waals surface area contributed by atoms with Gasteiger partial charge in [-0.1, -0.05) is 12.8 Å². The highest BCUT2D eigenvalue weighted by Gasteiger charge is 2.48. The number of hydrogen-bond donors (Lipinski definition) is 0. The maximum atomic E-state index is 12.0. The van der Waals surface area contributed by atoms with Gasteiger partial charge in [0.15, 0.2) is 0 Å². The lowest BCUT2D eigenvalue weighted by atomic mass is 9.66. The van der Waals surface area contributed by atoms with E-state index >= 15 is 0 Å². The zero-order valence-corrected chi connectivity index (χ0v) is 8.59. The molecule has 76 valence electrons. The minimum Gasteiger partial charge on any atom is -0.299 e. The summed E-state index contributed by atoms with van der Waals surface area (Å²) in [6, 6.07) is 2.25. The molecule has 14 heavy (non-hydrogen) atoms. The van der Waals surface area contributed by atoms with Gasteiger partial charge in [-0.05, 0) is 31.6 Å². The number of nitriles is 1. The molecule has 0 radical (unpaired) electrons. The molecular weight excluding hydrogens is 174 g/mol. The highest BCUT2D eigenvalue weighted by Crippen LogP contribution is 2.51. The monoisotopic (exact) mass is 191 g/mol. The van der Waals surface area contributed by atoms with E-state index in [-0.39, 0.29) is 5.41 Å². The van der Waals surface area contributed by atoms with Gasteiger partial charge in [-0.15, -0.1) is 0 Å². The lowest BCUT2D eigenvalue weighted by molar-refractivity contribution is -0.133. The molecule has 0 aromatic heterocycles. The van der Waals surface area contributed by atoms with Crippen molar-refractivity contribution in [2.75, 3.05) is 0 Å². The predicted octanol–water partition coefficient (Wildman–Crippen LogP) is 2.83.